The van der Waals surface area contributed by atoms with Crippen LogP contribution in [-0.4, -0.2) is 25.0 Å². The minimum Gasteiger partial charge on any atom is -0.497 e. The SMILES string of the molecule is COc1ccc(C(=O)/C=C/c2cnc3ccccc3c2)c(OC)c1. The number of ether oxygens (including phenoxy) is 2. The van der Waals surface area contributed by atoms with E-state index in [-0.39, 0.29) is 5.78 Å². The lowest BCUT2D eigenvalue weighted by Crippen LogP contribution is -1.99. The zero-order chi connectivity index (χ0) is 16.9. The van der Waals surface area contributed by atoms with E-state index in [1.165, 1.54) is 13.2 Å². The highest BCUT2D eigenvalue weighted by Crippen LogP contribution is 2.25. The fraction of sp³-hybridized carbons (Fsp3) is 0.100. The summed E-state index contributed by atoms with van der Waals surface area (Å²) in [7, 11) is 3.10. The van der Waals surface area contributed by atoms with Crippen molar-refractivity contribution in [3.63, 3.8) is 0 Å². The summed E-state index contributed by atoms with van der Waals surface area (Å²) in [4.78, 5) is 16.8. The van der Waals surface area contributed by atoms with Crippen LogP contribution in [0.1, 0.15) is 15.9 Å². The summed E-state index contributed by atoms with van der Waals surface area (Å²) < 4.78 is 10.4. The molecule has 0 bridgehead atoms. The van der Waals surface area contributed by atoms with Gasteiger partial charge in [0.2, 0.25) is 0 Å². The number of aromatic nitrogens is 1. The van der Waals surface area contributed by atoms with Gasteiger partial charge in [-0.1, -0.05) is 18.2 Å². The maximum Gasteiger partial charge on any atom is 0.189 e. The molecular formula is C20H17NO3. The molecule has 0 N–H and O–H groups in total. The Morgan fingerprint density at radius 3 is 2.67 bits per heavy atom. The molecule has 0 amide bonds. The number of rotatable bonds is 5. The van der Waals surface area contributed by atoms with E-state index in [0.717, 1.165) is 16.5 Å². The highest BCUT2D eigenvalue weighted by molar-refractivity contribution is 6.08. The van der Waals surface area contributed by atoms with E-state index >= 15 is 0 Å². The van der Waals surface area contributed by atoms with Gasteiger partial charge in [0, 0.05) is 17.6 Å². The second kappa shape index (κ2) is 6.96. The van der Waals surface area contributed by atoms with Gasteiger partial charge in [-0.3, -0.25) is 9.78 Å². The van der Waals surface area contributed by atoms with Crippen molar-refractivity contribution in [2.24, 2.45) is 0 Å². The van der Waals surface area contributed by atoms with Gasteiger partial charge in [-0.2, -0.15) is 0 Å². The van der Waals surface area contributed by atoms with Crippen molar-refractivity contribution in [1.82, 2.24) is 4.98 Å². The summed E-state index contributed by atoms with van der Waals surface area (Å²) in [5, 5.41) is 1.04. The highest BCUT2D eigenvalue weighted by atomic mass is 16.5. The van der Waals surface area contributed by atoms with Crippen molar-refractivity contribution >= 4 is 22.8 Å². The molecule has 4 heteroatoms. The molecule has 0 aliphatic rings. The van der Waals surface area contributed by atoms with Gasteiger partial charge in [-0.25, -0.2) is 0 Å². The molecule has 120 valence electrons. The minimum absolute atomic E-state index is 0.136. The van der Waals surface area contributed by atoms with Crippen LogP contribution < -0.4 is 9.47 Å². The molecule has 0 spiro atoms. The molecule has 2 aromatic carbocycles. The number of para-hydroxylation sites is 1. The quantitative estimate of drug-likeness (QED) is 0.523. The fourth-order valence-electron chi connectivity index (χ4n) is 2.44. The maximum absolute atomic E-state index is 12.4. The summed E-state index contributed by atoms with van der Waals surface area (Å²) in [5.74, 6) is 0.995. The Bertz CT molecular complexity index is 916. The lowest BCUT2D eigenvalue weighted by molar-refractivity contribution is 0.104. The lowest BCUT2D eigenvalue weighted by Gasteiger charge is -2.07. The normalized spacial score (nSPS) is 10.9. The Morgan fingerprint density at radius 1 is 1.04 bits per heavy atom. The summed E-state index contributed by atoms with van der Waals surface area (Å²) >= 11 is 0. The first kappa shape index (κ1) is 15.7. The number of ketones is 1. The van der Waals surface area contributed by atoms with E-state index in [0.29, 0.717) is 17.1 Å². The Morgan fingerprint density at radius 2 is 1.88 bits per heavy atom. The van der Waals surface area contributed by atoms with Gasteiger partial charge in [0.15, 0.2) is 5.78 Å². The molecule has 24 heavy (non-hydrogen) atoms. The van der Waals surface area contributed by atoms with Crippen LogP contribution >= 0.6 is 0 Å². The van der Waals surface area contributed by atoms with Crippen molar-refractivity contribution in [1.29, 1.82) is 0 Å². The molecule has 0 saturated carbocycles. The summed E-state index contributed by atoms with van der Waals surface area (Å²) in [6.45, 7) is 0. The largest absolute Gasteiger partial charge is 0.497 e. The van der Waals surface area contributed by atoms with Crippen LogP contribution in [-0.2, 0) is 0 Å². The Balaban J connectivity index is 1.86. The van der Waals surface area contributed by atoms with Crippen molar-refractivity contribution in [3.8, 4) is 11.5 Å². The van der Waals surface area contributed by atoms with E-state index in [2.05, 4.69) is 4.98 Å². The van der Waals surface area contributed by atoms with Crippen LogP contribution in [0.2, 0.25) is 0 Å². The Hall–Kier alpha value is -3.14. The van der Waals surface area contributed by atoms with Crippen LogP contribution in [0.5, 0.6) is 11.5 Å². The van der Waals surface area contributed by atoms with E-state index in [4.69, 9.17) is 9.47 Å². The third-order valence-electron chi connectivity index (χ3n) is 3.71. The number of pyridine rings is 1. The van der Waals surface area contributed by atoms with Crippen LogP contribution in [0.25, 0.3) is 17.0 Å². The minimum atomic E-state index is -0.136. The Kier molecular flexibility index (Phi) is 4.57. The van der Waals surface area contributed by atoms with Crippen molar-refractivity contribution < 1.29 is 14.3 Å². The first-order valence-corrected chi connectivity index (χ1v) is 7.50. The smallest absolute Gasteiger partial charge is 0.189 e. The molecule has 0 radical (unpaired) electrons. The van der Waals surface area contributed by atoms with E-state index in [1.54, 1.807) is 37.6 Å². The monoisotopic (exact) mass is 319 g/mol. The fourth-order valence-corrected chi connectivity index (χ4v) is 2.44. The van der Waals surface area contributed by atoms with Gasteiger partial charge in [0.05, 0.1) is 25.3 Å². The van der Waals surface area contributed by atoms with Crippen LogP contribution in [0.15, 0.2) is 60.8 Å². The average molecular weight is 319 g/mol. The third kappa shape index (κ3) is 3.27. The first-order chi connectivity index (χ1) is 11.7. The standard InChI is InChI=1S/C20H17NO3/c1-23-16-8-9-17(20(12-16)24-2)19(22)10-7-14-11-15-5-3-4-6-18(15)21-13-14/h3-13H,1-2H3/b10-7+. The lowest BCUT2D eigenvalue weighted by atomic mass is 10.1. The molecule has 3 rings (SSSR count). The summed E-state index contributed by atoms with van der Waals surface area (Å²) in [6.07, 6.45) is 5.03. The summed E-state index contributed by atoms with van der Waals surface area (Å²) in [6, 6.07) is 15.0. The molecule has 0 atom stereocenters. The second-order valence-electron chi connectivity index (χ2n) is 5.23. The highest BCUT2D eigenvalue weighted by Gasteiger charge is 2.10. The molecule has 0 aliphatic carbocycles. The number of carbonyl (C=O) groups excluding carboxylic acids is 1. The molecule has 0 unspecified atom stereocenters. The Labute approximate surface area is 140 Å². The van der Waals surface area contributed by atoms with Gasteiger partial charge in [-0.05, 0) is 42.0 Å². The molecule has 4 nitrogen and oxygen atoms in total. The molecule has 0 saturated heterocycles. The summed E-state index contributed by atoms with van der Waals surface area (Å²) in [5.41, 5.74) is 2.29. The van der Waals surface area contributed by atoms with Gasteiger partial charge in [0.25, 0.3) is 0 Å². The number of fused-ring (bicyclic) bond motifs is 1. The van der Waals surface area contributed by atoms with Crippen LogP contribution in [0, 0.1) is 0 Å². The maximum atomic E-state index is 12.4. The van der Waals surface area contributed by atoms with Gasteiger partial charge in [0.1, 0.15) is 11.5 Å². The van der Waals surface area contributed by atoms with Crippen molar-refractivity contribution in [2.75, 3.05) is 14.2 Å². The molecule has 1 aromatic heterocycles. The van der Waals surface area contributed by atoms with Gasteiger partial charge >= 0.3 is 0 Å². The number of nitrogens with zero attached hydrogens (tertiary/aromatic N) is 1. The molecular weight excluding hydrogens is 302 g/mol. The number of benzene rings is 2. The molecule has 1 heterocycles. The number of hydrogen-bond acceptors (Lipinski definition) is 4. The zero-order valence-corrected chi connectivity index (χ0v) is 13.5. The number of methoxy groups -OCH3 is 2. The molecule has 0 aliphatic heterocycles. The zero-order valence-electron chi connectivity index (χ0n) is 13.5. The van der Waals surface area contributed by atoms with E-state index in [9.17, 15) is 4.79 Å². The average Bonchev–Trinajstić information content (AvgIpc) is 2.65. The van der Waals surface area contributed by atoms with E-state index in [1.807, 2.05) is 30.3 Å². The van der Waals surface area contributed by atoms with E-state index < -0.39 is 0 Å². The predicted molar refractivity (Wildman–Crippen MR) is 94.7 cm³/mol. The van der Waals surface area contributed by atoms with Crippen LogP contribution in [0.3, 0.4) is 0 Å². The first-order valence-electron chi connectivity index (χ1n) is 7.50. The van der Waals surface area contributed by atoms with Gasteiger partial charge in [-0.15, -0.1) is 0 Å². The van der Waals surface area contributed by atoms with Gasteiger partial charge < -0.3 is 9.47 Å². The molecule has 3 aromatic rings. The third-order valence-corrected chi connectivity index (χ3v) is 3.71. The van der Waals surface area contributed by atoms with Crippen molar-refractivity contribution in [3.05, 3.63) is 71.9 Å². The topological polar surface area (TPSA) is 48.4 Å². The predicted octanol–water partition coefficient (Wildman–Crippen LogP) is 4.15. The van der Waals surface area contributed by atoms with Crippen LogP contribution in [0.4, 0.5) is 0 Å². The number of hydrogen-bond donors (Lipinski definition) is 0. The number of carbonyl (C=O) groups is 1. The van der Waals surface area contributed by atoms with Crippen molar-refractivity contribution in [2.45, 2.75) is 0 Å². The second-order valence-corrected chi connectivity index (χ2v) is 5.23. The molecule has 0 fully saturated rings. The number of allylic oxidation sites excluding steroid dienone is 1.